The Morgan fingerprint density at radius 1 is 0.933 bits per heavy atom. The van der Waals surface area contributed by atoms with Crippen molar-refractivity contribution in [1.29, 1.82) is 0 Å². The molecule has 1 heterocycles. The molecule has 0 amide bonds. The van der Waals surface area contributed by atoms with E-state index in [2.05, 4.69) is 35.5 Å². The maximum absolute atomic E-state index is 9.35. The molecular weight excluding hydrogens is 378 g/mol. The summed E-state index contributed by atoms with van der Waals surface area (Å²) in [5.41, 5.74) is 5.87. The van der Waals surface area contributed by atoms with Crippen LogP contribution in [-0.2, 0) is 6.42 Å². The molecule has 0 radical (unpaired) electrons. The normalized spacial score (nSPS) is 15.0. The lowest BCUT2D eigenvalue weighted by atomic mass is 9.96. The number of benzene rings is 3. The lowest BCUT2D eigenvalue weighted by molar-refractivity contribution is 0.207. The van der Waals surface area contributed by atoms with Crippen molar-refractivity contribution >= 4 is 0 Å². The minimum absolute atomic E-state index is 0.0263. The molecule has 5 heteroatoms. The highest BCUT2D eigenvalue weighted by Gasteiger charge is 2.26. The summed E-state index contributed by atoms with van der Waals surface area (Å²) in [5.74, 6) is 2.06. The molecule has 30 heavy (non-hydrogen) atoms. The largest absolute Gasteiger partial charge is 0.497 e. The number of nitrogens with zero attached hydrogens (tertiary/aromatic N) is 1. The molecule has 0 saturated heterocycles. The van der Waals surface area contributed by atoms with Gasteiger partial charge in [-0.3, -0.25) is 0 Å². The van der Waals surface area contributed by atoms with E-state index in [0.717, 1.165) is 29.9 Å². The molecule has 1 atom stereocenters. The molecule has 1 aromatic heterocycles. The van der Waals surface area contributed by atoms with Gasteiger partial charge in [0.25, 0.3) is 5.88 Å². The van der Waals surface area contributed by atoms with E-state index in [9.17, 15) is 5.11 Å². The second-order valence-corrected chi connectivity index (χ2v) is 7.32. The first-order valence-electron chi connectivity index (χ1n) is 9.90. The van der Waals surface area contributed by atoms with Crippen molar-refractivity contribution in [2.24, 2.45) is 0 Å². The van der Waals surface area contributed by atoms with Gasteiger partial charge in [-0.2, -0.15) is 0 Å². The Hall–Kier alpha value is -3.73. The molecule has 4 aromatic rings. The molecule has 0 fully saturated rings. The van der Waals surface area contributed by atoms with Crippen molar-refractivity contribution in [2.45, 2.75) is 18.9 Å². The van der Waals surface area contributed by atoms with Crippen LogP contribution in [-0.4, -0.2) is 17.4 Å². The summed E-state index contributed by atoms with van der Waals surface area (Å²) in [6, 6.07) is 23.7. The SMILES string of the molecule is COc1ccc(-c2cccc3c2CCC3Oc2ccc(-c3cc(O)no3)cc2)cc1. The van der Waals surface area contributed by atoms with Crippen molar-refractivity contribution in [3.8, 4) is 39.8 Å². The Morgan fingerprint density at radius 3 is 2.37 bits per heavy atom. The Bertz CT molecular complexity index is 1160. The third-order valence-electron chi connectivity index (χ3n) is 5.53. The minimum atomic E-state index is -0.124. The maximum atomic E-state index is 9.35. The molecule has 1 aliphatic carbocycles. The van der Waals surface area contributed by atoms with Crippen molar-refractivity contribution in [2.75, 3.05) is 7.11 Å². The summed E-state index contributed by atoms with van der Waals surface area (Å²) < 4.78 is 16.7. The Balaban J connectivity index is 1.37. The highest BCUT2D eigenvalue weighted by atomic mass is 16.5. The van der Waals surface area contributed by atoms with Gasteiger partial charge in [-0.1, -0.05) is 30.3 Å². The predicted molar refractivity (Wildman–Crippen MR) is 114 cm³/mol. The number of hydrogen-bond acceptors (Lipinski definition) is 5. The fourth-order valence-corrected chi connectivity index (χ4v) is 4.04. The average Bonchev–Trinajstić information content (AvgIpc) is 3.41. The topological polar surface area (TPSA) is 64.7 Å². The highest BCUT2D eigenvalue weighted by molar-refractivity contribution is 5.70. The number of fused-ring (bicyclic) bond motifs is 1. The van der Waals surface area contributed by atoms with E-state index >= 15 is 0 Å². The molecule has 150 valence electrons. The standard InChI is InChI=1S/C25H21NO4/c1-28-18-9-5-16(6-10-18)20-3-2-4-22-21(20)13-14-23(22)29-19-11-7-17(8-12-19)24-15-25(27)26-30-24/h2-12,15,23H,13-14H2,1H3,(H,26,27). The molecule has 1 unspecified atom stereocenters. The number of rotatable bonds is 5. The fraction of sp³-hybridized carbons (Fsp3) is 0.160. The average molecular weight is 399 g/mol. The maximum Gasteiger partial charge on any atom is 0.252 e. The van der Waals surface area contributed by atoms with Gasteiger partial charge in [-0.05, 0) is 76.7 Å². The first-order chi connectivity index (χ1) is 14.7. The van der Waals surface area contributed by atoms with E-state index in [-0.39, 0.29) is 12.0 Å². The smallest absolute Gasteiger partial charge is 0.252 e. The molecule has 5 nitrogen and oxygen atoms in total. The Labute approximate surface area is 174 Å². The third kappa shape index (κ3) is 3.39. The van der Waals surface area contributed by atoms with Crippen LogP contribution in [0, 0.1) is 0 Å². The van der Waals surface area contributed by atoms with Crippen LogP contribution in [0.1, 0.15) is 23.7 Å². The molecule has 1 N–H and O–H groups in total. The summed E-state index contributed by atoms with van der Waals surface area (Å²) in [4.78, 5) is 0. The van der Waals surface area contributed by atoms with Gasteiger partial charge in [-0.15, -0.1) is 0 Å². The summed E-state index contributed by atoms with van der Waals surface area (Å²) in [6.07, 6.45) is 1.95. The van der Waals surface area contributed by atoms with Crippen LogP contribution in [0.15, 0.2) is 77.3 Å². The fourth-order valence-electron chi connectivity index (χ4n) is 4.04. The van der Waals surface area contributed by atoms with E-state index in [1.165, 1.54) is 28.3 Å². The number of aromatic nitrogens is 1. The minimum Gasteiger partial charge on any atom is -0.497 e. The van der Waals surface area contributed by atoms with Crippen LogP contribution >= 0.6 is 0 Å². The highest BCUT2D eigenvalue weighted by Crippen LogP contribution is 2.40. The van der Waals surface area contributed by atoms with Gasteiger partial charge < -0.3 is 19.1 Å². The zero-order valence-electron chi connectivity index (χ0n) is 16.5. The molecule has 1 aliphatic rings. The number of hydrogen-bond donors (Lipinski definition) is 1. The van der Waals surface area contributed by atoms with Gasteiger partial charge in [0.2, 0.25) is 0 Å². The van der Waals surface area contributed by atoms with E-state index in [1.807, 2.05) is 36.4 Å². The number of ether oxygens (including phenoxy) is 2. The van der Waals surface area contributed by atoms with Crippen LogP contribution in [0.3, 0.4) is 0 Å². The number of aromatic hydroxyl groups is 1. The summed E-state index contributed by atoms with van der Waals surface area (Å²) in [5, 5.41) is 12.9. The number of methoxy groups -OCH3 is 1. The quantitative estimate of drug-likeness (QED) is 0.460. The van der Waals surface area contributed by atoms with Crippen molar-refractivity contribution in [3.05, 3.63) is 83.9 Å². The summed E-state index contributed by atoms with van der Waals surface area (Å²) >= 11 is 0. The van der Waals surface area contributed by atoms with Crippen LogP contribution < -0.4 is 9.47 Å². The Morgan fingerprint density at radius 2 is 1.67 bits per heavy atom. The second-order valence-electron chi connectivity index (χ2n) is 7.32. The predicted octanol–water partition coefficient (Wildman–Crippen LogP) is 5.79. The van der Waals surface area contributed by atoms with Gasteiger partial charge in [0.1, 0.15) is 17.6 Å². The van der Waals surface area contributed by atoms with Gasteiger partial charge in [0, 0.05) is 11.6 Å². The molecule has 5 rings (SSSR count). The first kappa shape index (κ1) is 18.3. The molecular formula is C25H21NO4. The molecule has 0 bridgehead atoms. The molecule has 3 aromatic carbocycles. The van der Waals surface area contributed by atoms with Crippen molar-refractivity contribution < 1.29 is 19.1 Å². The zero-order valence-corrected chi connectivity index (χ0v) is 16.5. The van der Waals surface area contributed by atoms with E-state index in [0.29, 0.717) is 5.76 Å². The van der Waals surface area contributed by atoms with Crippen LogP contribution in [0.2, 0.25) is 0 Å². The van der Waals surface area contributed by atoms with Crippen LogP contribution in [0.5, 0.6) is 17.4 Å². The lowest BCUT2D eigenvalue weighted by Gasteiger charge is -2.16. The van der Waals surface area contributed by atoms with E-state index in [1.54, 1.807) is 7.11 Å². The van der Waals surface area contributed by atoms with Crippen molar-refractivity contribution in [3.63, 3.8) is 0 Å². The molecule has 0 aliphatic heterocycles. The summed E-state index contributed by atoms with van der Waals surface area (Å²) in [6.45, 7) is 0. The van der Waals surface area contributed by atoms with Crippen LogP contribution in [0.4, 0.5) is 0 Å². The zero-order chi connectivity index (χ0) is 20.5. The monoisotopic (exact) mass is 399 g/mol. The van der Waals surface area contributed by atoms with Gasteiger partial charge in [0.05, 0.1) is 7.11 Å². The Kier molecular flexibility index (Phi) is 4.64. The lowest BCUT2D eigenvalue weighted by Crippen LogP contribution is -2.03. The molecule has 0 saturated carbocycles. The summed E-state index contributed by atoms with van der Waals surface area (Å²) in [7, 11) is 1.68. The van der Waals surface area contributed by atoms with Crippen LogP contribution in [0.25, 0.3) is 22.5 Å². The van der Waals surface area contributed by atoms with Gasteiger partial charge in [-0.25, -0.2) is 0 Å². The van der Waals surface area contributed by atoms with Crippen molar-refractivity contribution in [1.82, 2.24) is 5.16 Å². The van der Waals surface area contributed by atoms with E-state index < -0.39 is 0 Å². The van der Waals surface area contributed by atoms with E-state index in [4.69, 9.17) is 14.0 Å². The van der Waals surface area contributed by atoms with Gasteiger partial charge in [0.15, 0.2) is 5.76 Å². The molecule has 0 spiro atoms. The second kappa shape index (κ2) is 7.59. The first-order valence-corrected chi connectivity index (χ1v) is 9.90. The van der Waals surface area contributed by atoms with Gasteiger partial charge >= 0.3 is 0 Å². The third-order valence-corrected chi connectivity index (χ3v) is 5.53.